The first-order chi connectivity index (χ1) is 24.2. The second kappa shape index (κ2) is 19.5. The van der Waals surface area contributed by atoms with Crippen molar-refractivity contribution in [3.8, 4) is 11.5 Å². The summed E-state index contributed by atoms with van der Waals surface area (Å²) in [5.41, 5.74) is 8.36. The van der Waals surface area contributed by atoms with E-state index in [1.165, 1.54) is 7.11 Å². The number of methoxy groups -OCH3 is 1. The number of carbonyl (C=O) groups is 3. The number of nitrogens with one attached hydrogen (secondary N) is 1. The van der Waals surface area contributed by atoms with E-state index in [-0.39, 0.29) is 17.7 Å². The fourth-order valence-corrected chi connectivity index (χ4v) is 5.80. The molecule has 4 rings (SSSR count). The summed E-state index contributed by atoms with van der Waals surface area (Å²) in [4.78, 5) is 45.1. The van der Waals surface area contributed by atoms with Gasteiger partial charge in [-0.1, -0.05) is 36.4 Å². The second-order valence-corrected chi connectivity index (χ2v) is 12.5. The Morgan fingerprint density at radius 2 is 1.68 bits per heavy atom. The van der Waals surface area contributed by atoms with Crippen LogP contribution in [0.25, 0.3) is 0 Å². The predicted octanol–water partition coefficient (Wildman–Crippen LogP) is 5.36. The molecule has 0 unspecified atom stereocenters. The van der Waals surface area contributed by atoms with Gasteiger partial charge in [0.15, 0.2) is 0 Å². The van der Waals surface area contributed by atoms with E-state index in [9.17, 15) is 14.4 Å². The number of carbonyl (C=O) groups excluding carboxylic acids is 3. The molecule has 1 aliphatic heterocycles. The minimum absolute atomic E-state index is 0.0763. The van der Waals surface area contributed by atoms with Crippen LogP contribution < -0.4 is 25.4 Å². The first kappa shape index (κ1) is 38.1. The molecule has 50 heavy (non-hydrogen) atoms. The summed E-state index contributed by atoms with van der Waals surface area (Å²) < 4.78 is 17.3. The van der Waals surface area contributed by atoms with E-state index in [2.05, 4.69) is 24.3 Å². The molecule has 0 atom stereocenters. The molecule has 11 nitrogen and oxygen atoms in total. The fraction of sp³-hybridized carbons (Fsp3) is 0.410. The summed E-state index contributed by atoms with van der Waals surface area (Å²) >= 11 is 0. The van der Waals surface area contributed by atoms with Crippen LogP contribution in [0.1, 0.15) is 58.4 Å². The number of benzene rings is 3. The molecule has 1 saturated heterocycles. The van der Waals surface area contributed by atoms with Crippen molar-refractivity contribution in [1.29, 1.82) is 0 Å². The van der Waals surface area contributed by atoms with Crippen LogP contribution in [0, 0.1) is 0 Å². The molecular formula is C39H51N5O6. The molecule has 0 aliphatic carbocycles. The Hall–Kier alpha value is -4.71. The highest BCUT2D eigenvalue weighted by molar-refractivity contribution is 6.09. The summed E-state index contributed by atoms with van der Waals surface area (Å²) in [6.45, 7) is 3.35. The Morgan fingerprint density at radius 3 is 2.42 bits per heavy atom. The Balaban J connectivity index is 1.29. The minimum atomic E-state index is -0.364. The number of anilines is 2. The number of piperidine rings is 1. The third kappa shape index (κ3) is 10.6. The lowest BCUT2D eigenvalue weighted by atomic mass is 10.0. The zero-order valence-corrected chi connectivity index (χ0v) is 29.7. The van der Waals surface area contributed by atoms with Gasteiger partial charge in [0.2, 0.25) is 5.91 Å². The van der Waals surface area contributed by atoms with E-state index >= 15 is 0 Å². The van der Waals surface area contributed by atoms with Crippen LogP contribution in [0.15, 0.2) is 78.9 Å². The molecule has 3 amide bonds. The normalized spacial score (nSPS) is 13.4. The molecule has 268 valence electrons. The highest BCUT2D eigenvalue weighted by atomic mass is 16.5. The maximum absolute atomic E-state index is 13.6. The van der Waals surface area contributed by atoms with Gasteiger partial charge in [-0.15, -0.1) is 0 Å². The van der Waals surface area contributed by atoms with Crippen LogP contribution in [0.2, 0.25) is 0 Å². The molecule has 1 fully saturated rings. The first-order valence-electron chi connectivity index (χ1n) is 17.2. The van der Waals surface area contributed by atoms with Crippen molar-refractivity contribution in [1.82, 2.24) is 9.80 Å². The summed E-state index contributed by atoms with van der Waals surface area (Å²) in [7, 11) is 7.39. The van der Waals surface area contributed by atoms with Gasteiger partial charge in [0.1, 0.15) is 11.5 Å². The van der Waals surface area contributed by atoms with Gasteiger partial charge in [0, 0.05) is 49.6 Å². The van der Waals surface area contributed by atoms with Crippen LogP contribution in [-0.2, 0) is 16.1 Å². The average Bonchev–Trinajstić information content (AvgIpc) is 3.14. The fourth-order valence-electron chi connectivity index (χ4n) is 5.80. The summed E-state index contributed by atoms with van der Waals surface area (Å²) in [5.74, 6) is 0.279. The summed E-state index contributed by atoms with van der Waals surface area (Å²) in [6, 6.07) is 20.1. The molecule has 3 aromatic carbocycles. The van der Waals surface area contributed by atoms with Crippen LogP contribution in [0.3, 0.4) is 0 Å². The van der Waals surface area contributed by atoms with Gasteiger partial charge in [0.25, 0.3) is 11.8 Å². The smallest absolute Gasteiger partial charge is 0.259 e. The van der Waals surface area contributed by atoms with Crippen LogP contribution in [0.4, 0.5) is 11.4 Å². The molecule has 1 heterocycles. The van der Waals surface area contributed by atoms with Gasteiger partial charge in [-0.25, -0.2) is 0 Å². The molecule has 11 heteroatoms. The standard InChI is InChI=1S/C39H51N5O6/c1-42(2)31-20-23-44(24-21-31)37(45)17-6-5-11-25-49-28-30-13-7-9-15-34(30)43(3)39(47)29-18-19-33(36(27-29)48-4)41-38(46)32-14-8-10-16-35(32)50-26-12-22-40/h6-10,13-19,27,31H,5,11-12,20-26,28,40H2,1-4H3,(H,41,46)/b17-6+. The van der Waals surface area contributed by atoms with Crippen LogP contribution >= 0.6 is 0 Å². The summed E-state index contributed by atoms with van der Waals surface area (Å²) in [5, 5.41) is 2.88. The topological polar surface area (TPSA) is 127 Å². The zero-order valence-electron chi connectivity index (χ0n) is 29.7. The number of rotatable bonds is 17. The van der Waals surface area contributed by atoms with E-state index in [1.807, 2.05) is 35.2 Å². The number of amides is 3. The first-order valence-corrected chi connectivity index (χ1v) is 17.2. The number of hydrogen-bond acceptors (Lipinski definition) is 8. The molecule has 0 saturated carbocycles. The lowest BCUT2D eigenvalue weighted by Gasteiger charge is -2.34. The van der Waals surface area contributed by atoms with Crippen molar-refractivity contribution < 1.29 is 28.6 Å². The van der Waals surface area contributed by atoms with Crippen LogP contribution in [-0.4, -0.2) is 94.7 Å². The van der Waals surface area contributed by atoms with Crippen molar-refractivity contribution in [2.45, 2.75) is 44.8 Å². The second-order valence-electron chi connectivity index (χ2n) is 12.5. The number of allylic oxidation sites excluding steroid dienone is 1. The molecule has 0 spiro atoms. The number of likely N-dealkylation sites (tertiary alicyclic amines) is 1. The monoisotopic (exact) mass is 685 g/mol. The molecule has 1 aliphatic rings. The Labute approximate surface area is 296 Å². The molecule has 3 aromatic rings. The molecule has 0 bridgehead atoms. The largest absolute Gasteiger partial charge is 0.495 e. The van der Waals surface area contributed by atoms with E-state index in [1.54, 1.807) is 60.5 Å². The lowest BCUT2D eigenvalue weighted by Crippen LogP contribution is -2.43. The maximum Gasteiger partial charge on any atom is 0.259 e. The number of para-hydroxylation sites is 2. The number of hydrogen-bond donors (Lipinski definition) is 2. The maximum atomic E-state index is 13.6. The lowest BCUT2D eigenvalue weighted by molar-refractivity contribution is -0.127. The number of nitrogens with two attached hydrogens (primary N) is 1. The highest BCUT2D eigenvalue weighted by Gasteiger charge is 2.23. The van der Waals surface area contributed by atoms with Gasteiger partial charge in [0.05, 0.1) is 31.6 Å². The predicted molar refractivity (Wildman–Crippen MR) is 197 cm³/mol. The van der Waals surface area contributed by atoms with Crippen LogP contribution in [0.5, 0.6) is 11.5 Å². The highest BCUT2D eigenvalue weighted by Crippen LogP contribution is 2.30. The third-order valence-corrected chi connectivity index (χ3v) is 8.78. The van der Waals surface area contributed by atoms with E-state index in [4.69, 9.17) is 19.9 Å². The van der Waals surface area contributed by atoms with Crippen molar-refractivity contribution in [2.75, 3.05) is 71.3 Å². The van der Waals surface area contributed by atoms with Gasteiger partial charge < -0.3 is 40.0 Å². The van der Waals surface area contributed by atoms with Crippen molar-refractivity contribution in [3.05, 3.63) is 95.6 Å². The summed E-state index contributed by atoms with van der Waals surface area (Å²) in [6.07, 6.45) is 7.81. The van der Waals surface area contributed by atoms with E-state index in [0.29, 0.717) is 67.1 Å². The Bertz CT molecular complexity index is 1600. The van der Waals surface area contributed by atoms with Crippen molar-refractivity contribution in [2.24, 2.45) is 5.73 Å². The van der Waals surface area contributed by atoms with Gasteiger partial charge in [-0.3, -0.25) is 14.4 Å². The van der Waals surface area contributed by atoms with Crippen molar-refractivity contribution in [3.63, 3.8) is 0 Å². The van der Waals surface area contributed by atoms with Gasteiger partial charge >= 0.3 is 0 Å². The average molecular weight is 686 g/mol. The Morgan fingerprint density at radius 1 is 0.940 bits per heavy atom. The quantitative estimate of drug-likeness (QED) is 0.144. The third-order valence-electron chi connectivity index (χ3n) is 8.78. The molecule has 0 aromatic heterocycles. The molecule has 0 radical (unpaired) electrons. The minimum Gasteiger partial charge on any atom is -0.495 e. The van der Waals surface area contributed by atoms with Gasteiger partial charge in [-0.05, 0) is 95.2 Å². The van der Waals surface area contributed by atoms with E-state index < -0.39 is 0 Å². The van der Waals surface area contributed by atoms with E-state index in [0.717, 1.165) is 50.0 Å². The molecular weight excluding hydrogens is 634 g/mol. The molecule has 3 N–H and O–H groups in total. The van der Waals surface area contributed by atoms with Gasteiger partial charge in [-0.2, -0.15) is 0 Å². The zero-order chi connectivity index (χ0) is 35.9. The Kier molecular flexibility index (Phi) is 14.8. The number of unbranched alkanes of at least 4 members (excludes halogenated alkanes) is 1. The number of ether oxygens (including phenoxy) is 3. The number of nitrogens with zero attached hydrogens (tertiary/aromatic N) is 3. The van der Waals surface area contributed by atoms with Crippen molar-refractivity contribution >= 4 is 29.1 Å². The SMILES string of the molecule is COc1cc(C(=O)N(C)c2ccccc2COCCC/C=C/C(=O)N2CCC(N(C)C)CC2)ccc1NC(=O)c1ccccc1OCCCN.